The van der Waals surface area contributed by atoms with Gasteiger partial charge in [0.2, 0.25) is 5.91 Å². The van der Waals surface area contributed by atoms with Crippen LogP contribution in [0.25, 0.3) is 0 Å². The monoisotopic (exact) mass is 421 g/mol. The first-order valence-electron chi connectivity index (χ1n) is 11.0. The lowest BCUT2D eigenvalue weighted by Gasteiger charge is -2.28. The lowest BCUT2D eigenvalue weighted by atomic mass is 9.82. The fourth-order valence-corrected chi connectivity index (χ4v) is 4.05. The van der Waals surface area contributed by atoms with Crippen LogP contribution in [-0.4, -0.2) is 35.8 Å². The van der Waals surface area contributed by atoms with Gasteiger partial charge < -0.3 is 10.6 Å². The van der Waals surface area contributed by atoms with Crippen LogP contribution in [0.1, 0.15) is 50.7 Å². The van der Waals surface area contributed by atoms with Crippen molar-refractivity contribution in [1.82, 2.24) is 15.5 Å². The molecule has 31 heavy (non-hydrogen) atoms. The average Bonchev–Trinajstić information content (AvgIpc) is 3.06. The number of nitrogens with one attached hydrogen (secondary N) is 2. The summed E-state index contributed by atoms with van der Waals surface area (Å²) in [7, 11) is 0. The molecule has 1 fully saturated rings. The van der Waals surface area contributed by atoms with Crippen molar-refractivity contribution >= 4 is 17.8 Å². The van der Waals surface area contributed by atoms with Crippen molar-refractivity contribution in [2.75, 3.05) is 13.1 Å². The third-order valence-electron chi connectivity index (χ3n) is 5.95. The van der Waals surface area contributed by atoms with E-state index < -0.39 is 17.5 Å². The first-order chi connectivity index (χ1) is 15.0. The number of rotatable bonds is 10. The van der Waals surface area contributed by atoms with Crippen LogP contribution in [0.15, 0.2) is 60.7 Å². The highest BCUT2D eigenvalue weighted by atomic mass is 16.2. The minimum atomic E-state index is -1.34. The lowest BCUT2D eigenvalue weighted by Crippen LogP contribution is -2.46. The fourth-order valence-electron chi connectivity index (χ4n) is 4.05. The number of carbonyl (C=O) groups is 3. The van der Waals surface area contributed by atoms with Crippen molar-refractivity contribution < 1.29 is 14.4 Å². The highest BCUT2D eigenvalue weighted by Gasteiger charge is 2.54. The summed E-state index contributed by atoms with van der Waals surface area (Å²) in [6, 6.07) is 17.7. The predicted molar refractivity (Wildman–Crippen MR) is 120 cm³/mol. The molecule has 1 saturated heterocycles. The van der Waals surface area contributed by atoms with E-state index in [2.05, 4.69) is 24.5 Å². The van der Waals surface area contributed by atoms with Crippen molar-refractivity contribution in [2.24, 2.45) is 5.92 Å². The fraction of sp³-hybridized carbons (Fsp3) is 0.400. The van der Waals surface area contributed by atoms with E-state index in [4.69, 9.17) is 0 Å². The summed E-state index contributed by atoms with van der Waals surface area (Å²) in [5.41, 5.74) is -0.0198. The Morgan fingerprint density at radius 2 is 1.58 bits per heavy atom. The molecule has 1 atom stereocenters. The molecule has 0 aliphatic carbocycles. The first-order valence-corrected chi connectivity index (χ1v) is 11.0. The van der Waals surface area contributed by atoms with Crippen molar-refractivity contribution in [2.45, 2.75) is 45.1 Å². The molecule has 1 heterocycles. The zero-order valence-electron chi connectivity index (χ0n) is 18.3. The Labute approximate surface area is 184 Å². The second kappa shape index (κ2) is 10.2. The highest BCUT2D eigenvalue weighted by Crippen LogP contribution is 2.35. The molecule has 0 spiro atoms. The second-order valence-electron chi connectivity index (χ2n) is 8.02. The molecule has 164 valence electrons. The molecule has 3 rings (SSSR count). The molecular formula is C25H31N3O3. The van der Waals surface area contributed by atoms with Gasteiger partial charge in [0.1, 0.15) is 6.54 Å². The van der Waals surface area contributed by atoms with Crippen LogP contribution in [0, 0.1) is 5.92 Å². The van der Waals surface area contributed by atoms with E-state index in [1.165, 1.54) is 0 Å². The van der Waals surface area contributed by atoms with E-state index in [9.17, 15) is 14.4 Å². The van der Waals surface area contributed by atoms with Crippen LogP contribution in [0.2, 0.25) is 0 Å². The molecule has 0 radical (unpaired) electrons. The van der Waals surface area contributed by atoms with E-state index in [0.29, 0.717) is 23.6 Å². The quantitative estimate of drug-likeness (QED) is 0.573. The molecule has 1 aliphatic heterocycles. The second-order valence-corrected chi connectivity index (χ2v) is 8.02. The van der Waals surface area contributed by atoms with Crippen LogP contribution in [-0.2, 0) is 15.1 Å². The smallest absolute Gasteiger partial charge is 0.326 e. The summed E-state index contributed by atoms with van der Waals surface area (Å²) >= 11 is 0. The molecule has 2 aromatic carbocycles. The topological polar surface area (TPSA) is 78.5 Å². The third-order valence-corrected chi connectivity index (χ3v) is 5.95. The Morgan fingerprint density at radius 1 is 1.00 bits per heavy atom. The van der Waals surface area contributed by atoms with Gasteiger partial charge in [-0.3, -0.25) is 14.5 Å². The van der Waals surface area contributed by atoms with Crippen LogP contribution in [0.3, 0.4) is 0 Å². The van der Waals surface area contributed by atoms with E-state index in [-0.39, 0.29) is 12.5 Å². The van der Waals surface area contributed by atoms with Crippen molar-refractivity contribution in [3.63, 3.8) is 0 Å². The number of benzene rings is 2. The maximum Gasteiger partial charge on any atom is 0.326 e. The van der Waals surface area contributed by atoms with Gasteiger partial charge in [-0.15, -0.1) is 0 Å². The maximum atomic E-state index is 13.6. The van der Waals surface area contributed by atoms with Crippen LogP contribution < -0.4 is 10.6 Å². The maximum absolute atomic E-state index is 13.6. The van der Waals surface area contributed by atoms with Gasteiger partial charge in [0, 0.05) is 6.54 Å². The zero-order valence-corrected chi connectivity index (χ0v) is 18.3. The predicted octanol–water partition coefficient (Wildman–Crippen LogP) is 3.81. The summed E-state index contributed by atoms with van der Waals surface area (Å²) in [6.45, 7) is 4.52. The standard InChI is InChI=1S/C25H31N3O3/c1-3-5-12-19(4-2)17-26-22(29)18-28-23(30)25(27-24(28)31,20-13-8-6-9-14-20)21-15-10-7-11-16-21/h6-11,13-16,19H,3-5,12,17-18H2,1-2H3,(H,26,29)(H,27,31)/t19-/m1/s1. The normalized spacial score (nSPS) is 16.1. The zero-order chi connectivity index (χ0) is 22.3. The Bertz CT molecular complexity index is 859. The lowest BCUT2D eigenvalue weighted by molar-refractivity contribution is -0.134. The number of unbranched alkanes of at least 4 members (excludes halogenated alkanes) is 1. The molecule has 2 aromatic rings. The number of imide groups is 1. The van der Waals surface area contributed by atoms with Crippen molar-refractivity contribution in [3.8, 4) is 0 Å². The number of carbonyl (C=O) groups excluding carboxylic acids is 3. The van der Waals surface area contributed by atoms with E-state index in [1.54, 1.807) is 0 Å². The van der Waals surface area contributed by atoms with Crippen LogP contribution >= 0.6 is 0 Å². The molecular weight excluding hydrogens is 390 g/mol. The molecule has 2 N–H and O–H groups in total. The van der Waals surface area contributed by atoms with Gasteiger partial charge in [0.05, 0.1) is 0 Å². The van der Waals surface area contributed by atoms with Gasteiger partial charge in [-0.2, -0.15) is 0 Å². The van der Waals surface area contributed by atoms with Crippen molar-refractivity contribution in [1.29, 1.82) is 0 Å². The summed E-state index contributed by atoms with van der Waals surface area (Å²) in [4.78, 5) is 40.0. The summed E-state index contributed by atoms with van der Waals surface area (Å²) in [6.07, 6.45) is 4.28. The highest BCUT2D eigenvalue weighted by molar-refractivity contribution is 6.11. The number of hydrogen-bond acceptors (Lipinski definition) is 3. The molecule has 6 heteroatoms. The number of nitrogens with zero attached hydrogens (tertiary/aromatic N) is 1. The van der Waals surface area contributed by atoms with Crippen LogP contribution in [0.4, 0.5) is 4.79 Å². The molecule has 0 saturated carbocycles. The van der Waals surface area contributed by atoms with Gasteiger partial charge in [-0.25, -0.2) is 4.79 Å². The molecule has 0 unspecified atom stereocenters. The number of amides is 4. The van der Waals surface area contributed by atoms with Gasteiger partial charge in [0.25, 0.3) is 5.91 Å². The number of urea groups is 1. The van der Waals surface area contributed by atoms with Gasteiger partial charge in [-0.1, -0.05) is 93.8 Å². The Morgan fingerprint density at radius 3 is 2.10 bits per heavy atom. The van der Waals surface area contributed by atoms with Gasteiger partial charge in [0.15, 0.2) is 5.54 Å². The summed E-state index contributed by atoms with van der Waals surface area (Å²) in [5.74, 6) is -0.363. The molecule has 0 aromatic heterocycles. The van der Waals surface area contributed by atoms with Crippen LogP contribution in [0.5, 0.6) is 0 Å². The molecule has 0 bridgehead atoms. The Kier molecular flexibility index (Phi) is 7.45. The van der Waals surface area contributed by atoms with Gasteiger partial charge >= 0.3 is 6.03 Å². The molecule has 6 nitrogen and oxygen atoms in total. The first kappa shape index (κ1) is 22.5. The largest absolute Gasteiger partial charge is 0.354 e. The summed E-state index contributed by atoms with van der Waals surface area (Å²) in [5, 5.41) is 5.77. The summed E-state index contributed by atoms with van der Waals surface area (Å²) < 4.78 is 0. The Hall–Kier alpha value is -3.15. The van der Waals surface area contributed by atoms with E-state index in [1.807, 2.05) is 60.7 Å². The Balaban J connectivity index is 1.79. The van der Waals surface area contributed by atoms with E-state index >= 15 is 0 Å². The molecule has 1 aliphatic rings. The van der Waals surface area contributed by atoms with Crippen molar-refractivity contribution in [3.05, 3.63) is 71.8 Å². The third kappa shape index (κ3) is 4.79. The van der Waals surface area contributed by atoms with Gasteiger partial charge in [-0.05, 0) is 23.5 Å². The SMILES string of the molecule is CCCC[C@@H](CC)CNC(=O)CN1C(=O)NC(c2ccccc2)(c2ccccc2)C1=O. The number of hydrogen-bond donors (Lipinski definition) is 2. The van der Waals surface area contributed by atoms with E-state index in [0.717, 1.165) is 30.6 Å². The molecule has 4 amide bonds. The minimum Gasteiger partial charge on any atom is -0.354 e. The average molecular weight is 422 g/mol. The minimum absolute atomic E-state index is 0.295.